The number of rotatable bonds is 3. The van der Waals surface area contributed by atoms with Crippen molar-refractivity contribution in [2.45, 2.75) is 37.8 Å². The zero-order valence-corrected chi connectivity index (χ0v) is 11.6. The molecule has 0 atom stereocenters. The second-order valence-corrected chi connectivity index (χ2v) is 5.26. The summed E-state index contributed by atoms with van der Waals surface area (Å²) in [5.74, 6) is -0.555. The second-order valence-electron chi connectivity index (χ2n) is 4.86. The van der Waals surface area contributed by atoms with Crippen LogP contribution in [-0.2, 0) is 0 Å². The van der Waals surface area contributed by atoms with Gasteiger partial charge >= 0.3 is 6.03 Å². The van der Waals surface area contributed by atoms with Crippen molar-refractivity contribution in [1.82, 2.24) is 10.7 Å². The Hall–Kier alpha value is -1.53. The monoisotopic (exact) mass is 301 g/mol. The number of aliphatic hydroxyl groups is 1. The minimum atomic E-state index is -0.555. The molecule has 110 valence electrons. The van der Waals surface area contributed by atoms with Crippen LogP contribution in [0.3, 0.4) is 0 Å². The van der Waals surface area contributed by atoms with Crippen LogP contribution in [0.4, 0.5) is 14.9 Å². The molecule has 20 heavy (non-hydrogen) atoms. The average molecular weight is 302 g/mol. The zero-order valence-electron chi connectivity index (χ0n) is 10.8. The maximum absolute atomic E-state index is 13.2. The highest BCUT2D eigenvalue weighted by atomic mass is 35.5. The number of hydrogen-bond acceptors (Lipinski definition) is 3. The third-order valence-electron chi connectivity index (χ3n) is 3.27. The van der Waals surface area contributed by atoms with Crippen molar-refractivity contribution in [2.24, 2.45) is 0 Å². The Bertz CT molecular complexity index is 479. The summed E-state index contributed by atoms with van der Waals surface area (Å²) in [5, 5.41) is 12.2. The molecule has 1 aliphatic carbocycles. The molecule has 0 spiro atoms. The van der Waals surface area contributed by atoms with E-state index in [1.165, 1.54) is 12.1 Å². The van der Waals surface area contributed by atoms with Crippen molar-refractivity contribution in [2.75, 3.05) is 5.43 Å². The van der Waals surface area contributed by atoms with Gasteiger partial charge in [0.2, 0.25) is 0 Å². The van der Waals surface area contributed by atoms with Crippen LogP contribution >= 0.6 is 11.6 Å². The second kappa shape index (κ2) is 6.76. The van der Waals surface area contributed by atoms with Crippen LogP contribution in [0.1, 0.15) is 25.7 Å². The number of hydrazine groups is 1. The molecule has 0 aliphatic heterocycles. The van der Waals surface area contributed by atoms with E-state index in [4.69, 9.17) is 11.6 Å². The van der Waals surface area contributed by atoms with Gasteiger partial charge in [0, 0.05) is 12.1 Å². The van der Waals surface area contributed by atoms with Crippen LogP contribution in [0.2, 0.25) is 5.02 Å². The fourth-order valence-corrected chi connectivity index (χ4v) is 2.26. The van der Waals surface area contributed by atoms with Gasteiger partial charge < -0.3 is 10.4 Å². The molecule has 1 aromatic carbocycles. The molecule has 0 heterocycles. The molecule has 0 aromatic heterocycles. The lowest BCUT2D eigenvalue weighted by Gasteiger charge is -2.26. The van der Waals surface area contributed by atoms with Gasteiger partial charge in [-0.3, -0.25) is 10.9 Å². The van der Waals surface area contributed by atoms with Crippen molar-refractivity contribution >= 4 is 23.3 Å². The molecule has 0 radical (unpaired) electrons. The van der Waals surface area contributed by atoms with Crippen molar-refractivity contribution < 1.29 is 14.3 Å². The number of aliphatic hydroxyl groups excluding tert-OH is 1. The third kappa shape index (κ3) is 4.25. The van der Waals surface area contributed by atoms with Gasteiger partial charge in [-0.1, -0.05) is 11.6 Å². The molecule has 1 fully saturated rings. The van der Waals surface area contributed by atoms with Gasteiger partial charge in [0.25, 0.3) is 0 Å². The van der Waals surface area contributed by atoms with E-state index in [1.54, 1.807) is 6.07 Å². The number of anilines is 1. The largest absolute Gasteiger partial charge is 0.393 e. The van der Waals surface area contributed by atoms with E-state index in [2.05, 4.69) is 16.2 Å². The van der Waals surface area contributed by atoms with Gasteiger partial charge in [0.05, 0.1) is 16.8 Å². The Morgan fingerprint density at radius 3 is 2.65 bits per heavy atom. The zero-order chi connectivity index (χ0) is 14.5. The van der Waals surface area contributed by atoms with E-state index >= 15 is 0 Å². The van der Waals surface area contributed by atoms with Gasteiger partial charge in [-0.15, -0.1) is 0 Å². The van der Waals surface area contributed by atoms with Gasteiger partial charge in [-0.2, -0.15) is 0 Å². The van der Waals surface area contributed by atoms with Crippen molar-refractivity contribution in [3.8, 4) is 0 Å². The molecule has 0 bridgehead atoms. The lowest BCUT2D eigenvalue weighted by molar-refractivity contribution is 0.118. The molecular formula is C13H17ClFN3O2. The summed E-state index contributed by atoms with van der Waals surface area (Å²) in [7, 11) is 0. The third-order valence-corrected chi connectivity index (χ3v) is 3.58. The molecule has 7 heteroatoms. The minimum Gasteiger partial charge on any atom is -0.393 e. The van der Waals surface area contributed by atoms with Crippen LogP contribution in [0.15, 0.2) is 18.2 Å². The van der Waals surface area contributed by atoms with Gasteiger partial charge in [0.1, 0.15) is 5.82 Å². The Morgan fingerprint density at radius 1 is 1.30 bits per heavy atom. The molecule has 0 unspecified atom stereocenters. The van der Waals surface area contributed by atoms with E-state index in [0.717, 1.165) is 12.8 Å². The molecule has 0 saturated heterocycles. The summed E-state index contributed by atoms with van der Waals surface area (Å²) in [6.07, 6.45) is 2.64. The van der Waals surface area contributed by atoms with Gasteiger partial charge in [-0.05, 0) is 37.8 Å². The van der Waals surface area contributed by atoms with Crippen LogP contribution in [-0.4, -0.2) is 23.3 Å². The Balaban J connectivity index is 1.76. The number of nitrogens with one attached hydrogen (secondary N) is 3. The predicted octanol–water partition coefficient (Wildman–Crippen LogP) is 2.41. The summed E-state index contributed by atoms with van der Waals surface area (Å²) in [6, 6.07) is 3.83. The molecule has 1 saturated carbocycles. The number of urea groups is 1. The summed E-state index contributed by atoms with van der Waals surface area (Å²) < 4.78 is 13.2. The SMILES string of the molecule is O=C(NNc1ccc(Cl)c(F)c1)NC1CCC(O)CC1. The minimum absolute atomic E-state index is 0.0285. The number of carbonyl (C=O) groups excluding carboxylic acids is 1. The van der Waals surface area contributed by atoms with Crippen molar-refractivity contribution in [1.29, 1.82) is 0 Å². The number of amides is 2. The molecule has 2 rings (SSSR count). The first-order valence-electron chi connectivity index (χ1n) is 6.50. The van der Waals surface area contributed by atoms with E-state index in [1.807, 2.05) is 0 Å². The maximum atomic E-state index is 13.2. The first-order chi connectivity index (χ1) is 9.54. The lowest BCUT2D eigenvalue weighted by atomic mass is 9.93. The first kappa shape index (κ1) is 14.9. The molecule has 2 amide bonds. The fraction of sp³-hybridized carbons (Fsp3) is 0.462. The van der Waals surface area contributed by atoms with Crippen molar-refractivity contribution in [3.63, 3.8) is 0 Å². The highest BCUT2D eigenvalue weighted by molar-refractivity contribution is 6.30. The summed E-state index contributed by atoms with van der Waals surface area (Å²) in [4.78, 5) is 11.7. The van der Waals surface area contributed by atoms with Crippen LogP contribution in [0.25, 0.3) is 0 Å². The highest BCUT2D eigenvalue weighted by Gasteiger charge is 2.20. The highest BCUT2D eigenvalue weighted by Crippen LogP contribution is 2.19. The van der Waals surface area contributed by atoms with Crippen LogP contribution in [0, 0.1) is 5.82 Å². The molecular weight excluding hydrogens is 285 g/mol. The van der Waals surface area contributed by atoms with E-state index in [-0.39, 0.29) is 23.2 Å². The normalized spacial score (nSPS) is 22.1. The lowest BCUT2D eigenvalue weighted by Crippen LogP contribution is -2.46. The summed E-state index contributed by atoms with van der Waals surface area (Å²) in [6.45, 7) is 0. The van der Waals surface area contributed by atoms with Crippen molar-refractivity contribution in [3.05, 3.63) is 29.0 Å². The fourth-order valence-electron chi connectivity index (χ4n) is 2.14. The number of carbonyl (C=O) groups is 1. The van der Waals surface area contributed by atoms with Gasteiger partial charge in [0.15, 0.2) is 0 Å². The van der Waals surface area contributed by atoms with E-state index in [0.29, 0.717) is 18.5 Å². The standard InChI is InChI=1S/C13H17ClFN3O2/c14-11-6-3-9(7-12(11)15)17-18-13(20)16-8-1-4-10(19)5-2-8/h3,6-8,10,17,19H,1-2,4-5H2,(H2,16,18,20). The maximum Gasteiger partial charge on any atom is 0.333 e. The summed E-state index contributed by atoms with van der Waals surface area (Å²) >= 11 is 5.56. The Morgan fingerprint density at radius 2 is 2.00 bits per heavy atom. The first-order valence-corrected chi connectivity index (χ1v) is 6.88. The Kier molecular flexibility index (Phi) is 5.03. The molecule has 5 nitrogen and oxygen atoms in total. The van der Waals surface area contributed by atoms with E-state index < -0.39 is 5.82 Å². The number of hydrogen-bond donors (Lipinski definition) is 4. The van der Waals surface area contributed by atoms with E-state index in [9.17, 15) is 14.3 Å². The molecule has 4 N–H and O–H groups in total. The smallest absolute Gasteiger partial charge is 0.333 e. The Labute approximate surface area is 121 Å². The average Bonchev–Trinajstić information content (AvgIpc) is 2.43. The van der Waals surface area contributed by atoms with Crippen LogP contribution in [0.5, 0.6) is 0 Å². The van der Waals surface area contributed by atoms with Crippen LogP contribution < -0.4 is 16.2 Å². The van der Waals surface area contributed by atoms with Gasteiger partial charge in [-0.25, -0.2) is 9.18 Å². The number of halogens is 2. The summed E-state index contributed by atoms with van der Waals surface area (Å²) in [5.41, 5.74) is 5.44. The quantitative estimate of drug-likeness (QED) is 0.648. The molecule has 1 aromatic rings. The topological polar surface area (TPSA) is 73.4 Å². The molecule has 1 aliphatic rings. The number of benzene rings is 1. The predicted molar refractivity (Wildman–Crippen MR) is 75.0 cm³/mol.